The van der Waals surface area contributed by atoms with Crippen molar-refractivity contribution in [1.29, 1.82) is 0 Å². The van der Waals surface area contributed by atoms with Crippen LogP contribution < -0.4 is 29.3 Å². The van der Waals surface area contributed by atoms with Crippen molar-refractivity contribution in [3.8, 4) is 11.5 Å². The number of sulfonamides is 1. The zero-order valence-electron chi connectivity index (χ0n) is 30.0. The monoisotopic (exact) mass is 742 g/mol. The van der Waals surface area contributed by atoms with Gasteiger partial charge >= 0.3 is 5.97 Å². The molecule has 0 bridgehead atoms. The van der Waals surface area contributed by atoms with Crippen molar-refractivity contribution in [2.45, 2.75) is 45.3 Å². The fourth-order valence-electron chi connectivity index (χ4n) is 6.67. The maximum absolute atomic E-state index is 13.2. The molecule has 1 aromatic heterocycles. The number of methoxy groups -OCH3 is 1. The Morgan fingerprint density at radius 3 is 2.45 bits per heavy atom. The number of nitrogens with one attached hydrogen (secondary N) is 2. The Labute approximate surface area is 305 Å². The van der Waals surface area contributed by atoms with Gasteiger partial charge in [-0.3, -0.25) is 9.21 Å². The number of carbonyl (C=O) groups is 1. The van der Waals surface area contributed by atoms with Crippen LogP contribution in [0.15, 0.2) is 30.5 Å². The van der Waals surface area contributed by atoms with Gasteiger partial charge in [-0.05, 0) is 51.4 Å². The molecule has 0 radical (unpaired) electrons. The summed E-state index contributed by atoms with van der Waals surface area (Å²) >= 11 is 6.91. The Balaban J connectivity index is 1.27. The Kier molecular flexibility index (Phi) is 11.0. The molecule has 4 heterocycles. The van der Waals surface area contributed by atoms with Gasteiger partial charge in [0.2, 0.25) is 16.0 Å². The van der Waals surface area contributed by atoms with E-state index in [0.717, 1.165) is 69.6 Å². The first kappa shape index (κ1) is 36.7. The summed E-state index contributed by atoms with van der Waals surface area (Å²) < 4.78 is 43.5. The van der Waals surface area contributed by atoms with E-state index < -0.39 is 22.1 Å². The van der Waals surface area contributed by atoms with Crippen LogP contribution in [-0.2, 0) is 21.2 Å². The van der Waals surface area contributed by atoms with Gasteiger partial charge in [-0.1, -0.05) is 11.6 Å². The van der Waals surface area contributed by atoms with Gasteiger partial charge in [0.25, 0.3) is 0 Å². The third-order valence-electron chi connectivity index (χ3n) is 9.62. The highest BCUT2D eigenvalue weighted by Gasteiger charge is 2.29. The highest BCUT2D eigenvalue weighted by Crippen LogP contribution is 2.41. The lowest BCUT2D eigenvalue weighted by molar-refractivity contribution is 0.0378. The molecule has 3 aromatic rings. The molecule has 6 rings (SSSR count). The number of carbonyl (C=O) groups excluding carboxylic acids is 1. The molecule has 2 N–H and O–H groups in total. The molecule has 51 heavy (non-hydrogen) atoms. The van der Waals surface area contributed by atoms with E-state index >= 15 is 0 Å². The summed E-state index contributed by atoms with van der Waals surface area (Å²) in [5, 5.41) is 6.93. The topological polar surface area (TPSA) is 142 Å². The van der Waals surface area contributed by atoms with Gasteiger partial charge in [-0.2, -0.15) is 4.98 Å². The van der Waals surface area contributed by atoms with Crippen molar-refractivity contribution in [2.24, 2.45) is 0 Å². The van der Waals surface area contributed by atoms with Gasteiger partial charge in [0.1, 0.15) is 17.1 Å². The highest BCUT2D eigenvalue weighted by molar-refractivity contribution is 7.92. The van der Waals surface area contributed by atoms with Gasteiger partial charge in [0.15, 0.2) is 5.82 Å². The summed E-state index contributed by atoms with van der Waals surface area (Å²) in [5.74, 6) is 0.763. The quantitative estimate of drug-likeness (QED) is 0.262. The van der Waals surface area contributed by atoms with Gasteiger partial charge in [-0.15, -0.1) is 0 Å². The zero-order valence-corrected chi connectivity index (χ0v) is 31.6. The number of fused-ring (bicyclic) bond motifs is 1. The summed E-state index contributed by atoms with van der Waals surface area (Å²) in [6.45, 7) is 10.2. The number of ether oxygens (including phenoxy) is 3. The highest BCUT2D eigenvalue weighted by atomic mass is 35.5. The normalized spacial score (nSPS) is 17.2. The first-order chi connectivity index (χ1) is 24.3. The lowest BCUT2D eigenvalue weighted by Crippen LogP contribution is -2.52. The van der Waals surface area contributed by atoms with Gasteiger partial charge in [0.05, 0.1) is 53.8 Å². The molecule has 276 valence electrons. The molecular weight excluding hydrogens is 696 g/mol. The molecule has 0 spiro atoms. The molecular formula is C35H47ClN8O6S. The number of halogens is 1. The number of benzene rings is 2. The molecule has 0 amide bonds. The first-order valence-corrected chi connectivity index (χ1v) is 19.4. The van der Waals surface area contributed by atoms with E-state index in [1.165, 1.54) is 17.5 Å². The molecule has 3 aliphatic heterocycles. The Morgan fingerprint density at radius 1 is 1.06 bits per heavy atom. The van der Waals surface area contributed by atoms with Gasteiger partial charge in [-0.25, -0.2) is 18.2 Å². The smallest absolute Gasteiger partial charge is 0.343 e. The van der Waals surface area contributed by atoms with Crippen LogP contribution in [0, 0.1) is 0 Å². The standard InChI is InChI=1S/C35H47ClN8O6S/c1-22(2)50-34(45)25-21-37-35(40-33(25)38-27-19-31-23(9-16-49-31)17-30(27)42(4)51(6,46)47)39-28-18-26(36)29(20-32(28)48-5)44-10-7-24(8-11-44)43-14-12-41(3)13-15-43/h17-22,24H,7-16H2,1-6H3,(H2,37,38,39,40). The second kappa shape index (κ2) is 15.3. The third-order valence-corrected chi connectivity index (χ3v) is 11.1. The summed E-state index contributed by atoms with van der Waals surface area (Å²) in [4.78, 5) is 29.6. The molecule has 2 saturated heterocycles. The van der Waals surface area contributed by atoms with Gasteiger partial charge in [0, 0.05) is 77.1 Å². The van der Waals surface area contributed by atoms with E-state index in [0.29, 0.717) is 52.7 Å². The van der Waals surface area contributed by atoms with Gasteiger partial charge < -0.3 is 34.6 Å². The maximum atomic E-state index is 13.2. The van der Waals surface area contributed by atoms with Crippen molar-refractivity contribution < 1.29 is 27.4 Å². The number of esters is 1. The Hall–Kier alpha value is -4.05. The number of anilines is 6. The molecule has 2 aromatic carbocycles. The molecule has 0 saturated carbocycles. The molecule has 14 nitrogen and oxygen atoms in total. The Bertz CT molecular complexity index is 1860. The Morgan fingerprint density at radius 2 is 1.78 bits per heavy atom. The second-order valence-corrected chi connectivity index (χ2v) is 15.9. The number of likely N-dealkylation sites (N-methyl/N-ethyl adjacent to an activating group) is 1. The van der Waals surface area contributed by atoms with Crippen LogP contribution >= 0.6 is 11.6 Å². The number of rotatable bonds is 11. The summed E-state index contributed by atoms with van der Waals surface area (Å²) in [6.07, 6.45) is 4.86. The molecule has 2 fully saturated rings. The van der Waals surface area contributed by atoms with E-state index in [1.807, 2.05) is 6.07 Å². The van der Waals surface area contributed by atoms with Crippen LogP contribution in [0.1, 0.15) is 42.6 Å². The van der Waals surface area contributed by atoms with Crippen LogP contribution in [-0.4, -0.2) is 120 Å². The van der Waals surface area contributed by atoms with Crippen LogP contribution in [0.2, 0.25) is 5.02 Å². The van der Waals surface area contributed by atoms with E-state index in [4.69, 9.17) is 25.8 Å². The predicted molar refractivity (Wildman–Crippen MR) is 200 cm³/mol. The van der Waals surface area contributed by atoms with Crippen molar-refractivity contribution >= 4 is 62.1 Å². The molecule has 0 atom stereocenters. The number of hydrogen-bond donors (Lipinski definition) is 2. The van der Waals surface area contributed by atoms with E-state index in [-0.39, 0.29) is 17.3 Å². The zero-order chi connectivity index (χ0) is 36.4. The fourth-order valence-corrected chi connectivity index (χ4v) is 7.47. The number of piperidine rings is 1. The number of piperazine rings is 1. The van der Waals surface area contributed by atoms with Crippen LogP contribution in [0.3, 0.4) is 0 Å². The first-order valence-electron chi connectivity index (χ1n) is 17.2. The average molecular weight is 743 g/mol. The summed E-state index contributed by atoms with van der Waals surface area (Å²) in [6, 6.07) is 7.76. The fraction of sp³-hybridized carbons (Fsp3) is 0.514. The minimum atomic E-state index is -3.63. The molecule has 16 heteroatoms. The van der Waals surface area contributed by atoms with Crippen molar-refractivity contribution in [3.05, 3.63) is 46.6 Å². The number of nitrogens with zero attached hydrogens (tertiary/aromatic N) is 6. The van der Waals surface area contributed by atoms with Crippen molar-refractivity contribution in [3.63, 3.8) is 0 Å². The van der Waals surface area contributed by atoms with Crippen LogP contribution in [0.5, 0.6) is 11.5 Å². The summed E-state index contributed by atoms with van der Waals surface area (Å²) in [7, 11) is 1.60. The van der Waals surface area contributed by atoms with E-state index in [1.54, 1.807) is 39.2 Å². The lowest BCUT2D eigenvalue weighted by atomic mass is 10.0. The molecule has 0 unspecified atom stereocenters. The number of hydrogen-bond acceptors (Lipinski definition) is 13. The van der Waals surface area contributed by atoms with E-state index in [9.17, 15) is 13.2 Å². The largest absolute Gasteiger partial charge is 0.494 e. The van der Waals surface area contributed by atoms with Crippen molar-refractivity contribution in [1.82, 2.24) is 19.8 Å². The second-order valence-electron chi connectivity index (χ2n) is 13.5. The van der Waals surface area contributed by atoms with Crippen LogP contribution in [0.4, 0.5) is 34.5 Å². The van der Waals surface area contributed by atoms with E-state index in [2.05, 4.69) is 42.3 Å². The predicted octanol–water partition coefficient (Wildman–Crippen LogP) is 4.74. The third kappa shape index (κ3) is 8.37. The SMILES string of the molecule is COc1cc(N2CCC(N3CCN(C)CC3)CC2)c(Cl)cc1Nc1ncc(C(=O)OC(C)C)c(Nc2cc3c(cc2N(C)S(C)(=O)=O)CCO3)n1. The number of aromatic nitrogens is 2. The maximum Gasteiger partial charge on any atom is 0.343 e. The van der Waals surface area contributed by atoms with Crippen LogP contribution in [0.25, 0.3) is 0 Å². The minimum absolute atomic E-state index is 0.0592. The average Bonchev–Trinajstić information content (AvgIpc) is 3.55. The molecule has 0 aliphatic carbocycles. The lowest BCUT2D eigenvalue weighted by Gasteiger charge is -2.42. The molecule has 3 aliphatic rings. The van der Waals surface area contributed by atoms with Crippen molar-refractivity contribution in [2.75, 3.05) is 93.2 Å². The summed E-state index contributed by atoms with van der Waals surface area (Å²) in [5.41, 5.74) is 3.10. The minimum Gasteiger partial charge on any atom is -0.494 e.